The van der Waals surface area contributed by atoms with Gasteiger partial charge in [0.1, 0.15) is 34.7 Å². The molecule has 1 aromatic heterocycles. The molecule has 10 rings (SSSR count). The molecule has 3 aromatic rings. The van der Waals surface area contributed by atoms with Crippen LogP contribution in [0, 0.1) is 5.92 Å². The van der Waals surface area contributed by atoms with Crippen LogP contribution < -0.4 is 54.3 Å². The smallest absolute Gasteiger partial charge is 0.478 e. The molecule has 0 saturated heterocycles. The second-order valence-corrected chi connectivity index (χ2v) is 33.6. The number of carbonyl (C=O) groups is 10. The van der Waals surface area contributed by atoms with Gasteiger partial charge in [-0.05, 0) is 166 Å². The molecule has 0 spiro atoms. The average Bonchev–Trinajstić information content (AvgIpc) is 0.963. The molecule has 0 bridgehead atoms. The van der Waals surface area contributed by atoms with Gasteiger partial charge in [0, 0.05) is 72.8 Å². The lowest BCUT2D eigenvalue weighted by Crippen LogP contribution is -2.52. The molecule has 2 aromatic carbocycles. The first kappa shape index (κ1) is 103. The van der Waals surface area contributed by atoms with Crippen LogP contribution in [0.15, 0.2) is 127 Å². The molecule has 0 unspecified atom stereocenters. The topological polar surface area (TPSA) is 501 Å². The van der Waals surface area contributed by atoms with Crippen LogP contribution in [0.4, 0.5) is 0 Å². The van der Waals surface area contributed by atoms with Crippen molar-refractivity contribution in [3.63, 3.8) is 0 Å². The van der Waals surface area contributed by atoms with Crippen molar-refractivity contribution in [2.24, 2.45) is 28.9 Å². The van der Waals surface area contributed by atoms with E-state index in [9.17, 15) is 73.1 Å². The summed E-state index contributed by atoms with van der Waals surface area (Å²) in [7, 11) is -5.67. The first-order valence-electron chi connectivity index (χ1n) is 42.6. The summed E-state index contributed by atoms with van der Waals surface area (Å²) >= 11 is 1.51. The molecule has 0 radical (unpaired) electrons. The second kappa shape index (κ2) is 56.1. The Bertz CT molecular complexity index is 3910. The third kappa shape index (κ3) is 42.2. The van der Waals surface area contributed by atoms with Crippen molar-refractivity contribution in [1.82, 2.24) is 26.6 Å². The predicted octanol–water partition coefficient (Wildman–Crippen LogP) is 4.42. The highest BCUT2D eigenvalue weighted by atomic mass is 32.1. The fourth-order valence-electron chi connectivity index (χ4n) is 14.6. The van der Waals surface area contributed by atoms with Gasteiger partial charge in [0.25, 0.3) is 0 Å². The number of thiophene rings is 1. The quantitative estimate of drug-likeness (QED) is 0.0223. The number of hydrogen-bond acceptors (Lipinski definition) is 27. The van der Waals surface area contributed by atoms with E-state index in [0.717, 1.165) is 90.8 Å². The zero-order valence-electron chi connectivity index (χ0n) is 71.3. The summed E-state index contributed by atoms with van der Waals surface area (Å²) in [4.78, 5) is 119. The Kier molecular flexibility index (Phi) is 47.3. The average molecular weight is 1710 g/mol. The van der Waals surface area contributed by atoms with Crippen LogP contribution in [0.1, 0.15) is 203 Å². The van der Waals surface area contributed by atoms with Crippen LogP contribution >= 0.6 is 11.3 Å². The lowest BCUT2D eigenvalue weighted by molar-refractivity contribution is -0.123. The third-order valence-corrected chi connectivity index (χ3v) is 21.9. The zero-order chi connectivity index (χ0) is 88.9. The molecule has 2 fully saturated rings. The Morgan fingerprint density at radius 3 is 1.24 bits per heavy atom. The Labute approximate surface area is 723 Å². The first-order valence-corrected chi connectivity index (χ1v) is 43.4. The molecule has 5 amide bonds. The molecule has 2 aliphatic carbocycles. The monoisotopic (exact) mass is 1710 g/mol. The molecule has 666 valence electrons. The molecule has 31 nitrogen and oxygen atoms in total. The highest BCUT2D eigenvalue weighted by molar-refractivity contribution is 7.12. The van der Waals surface area contributed by atoms with E-state index in [4.69, 9.17) is 55.7 Å². The van der Waals surface area contributed by atoms with E-state index >= 15 is 0 Å². The van der Waals surface area contributed by atoms with Crippen molar-refractivity contribution in [3.8, 4) is 5.75 Å². The number of Topliss-reactive ketones (excluding diaryl/α,β-unsaturated/α-hetero) is 5. The molecule has 6 heterocycles. The van der Waals surface area contributed by atoms with E-state index in [1.165, 1.54) is 52.4 Å². The second-order valence-electron chi connectivity index (χ2n) is 32.3. The summed E-state index contributed by atoms with van der Waals surface area (Å²) in [5, 5.41) is 64.8. The Morgan fingerprint density at radius 1 is 0.443 bits per heavy atom. The number of nitrogens with one attached hydrogen (secondary N) is 5. The first-order chi connectivity index (χ1) is 58.3. The summed E-state index contributed by atoms with van der Waals surface area (Å²) in [6, 6.07) is 20.9. The maximum atomic E-state index is 12.4. The minimum atomic E-state index is -1.17. The van der Waals surface area contributed by atoms with E-state index in [-0.39, 0.29) is 122 Å². The van der Waals surface area contributed by atoms with Gasteiger partial charge in [-0.25, -0.2) is 0 Å². The summed E-state index contributed by atoms with van der Waals surface area (Å²) < 4.78 is 38.3. The van der Waals surface area contributed by atoms with Crippen molar-refractivity contribution in [1.29, 1.82) is 0 Å². The lowest BCUT2D eigenvalue weighted by atomic mass is 9.76. The van der Waals surface area contributed by atoms with E-state index in [0.29, 0.717) is 77.4 Å². The number of benzene rings is 2. The van der Waals surface area contributed by atoms with E-state index < -0.39 is 101 Å². The largest absolute Gasteiger partial charge is 0.494 e. The minimum Gasteiger partial charge on any atom is -0.494 e. The van der Waals surface area contributed by atoms with Gasteiger partial charge in [-0.1, -0.05) is 122 Å². The van der Waals surface area contributed by atoms with Gasteiger partial charge in [0.2, 0.25) is 29.5 Å². The Hall–Kier alpha value is -7.94. The number of amides is 5. The van der Waals surface area contributed by atoms with Crippen molar-refractivity contribution in [2.75, 3.05) is 26.3 Å². The highest BCUT2D eigenvalue weighted by Crippen LogP contribution is 2.30. The molecule has 122 heavy (non-hydrogen) atoms. The van der Waals surface area contributed by atoms with Crippen LogP contribution in [0.5, 0.6) is 5.75 Å². The normalized spacial score (nSPS) is 23.6. The van der Waals surface area contributed by atoms with Gasteiger partial charge in [-0.2, -0.15) is 0 Å². The van der Waals surface area contributed by atoms with Gasteiger partial charge in [0.05, 0.1) is 99.3 Å². The summed E-state index contributed by atoms with van der Waals surface area (Å²) in [6.07, 6.45) is 31.3. The van der Waals surface area contributed by atoms with Crippen LogP contribution in [0.3, 0.4) is 0 Å². The van der Waals surface area contributed by atoms with Crippen LogP contribution in [-0.4, -0.2) is 217 Å². The number of ketones is 5. The number of unbranched alkanes of at least 4 members (excludes halogenated alkanes) is 1. The number of nitrogens with two attached hydrogens (primary N) is 4. The number of carbonyl (C=O) groups excluding carboxylic acids is 10. The molecule has 18 N–H and O–H groups in total. The number of rotatable bonds is 34. The standard InChI is InChI=1S/C20H29BN2O5.C17H25BN2O5S.2C16H27BN2O4.C16H20BNO4/c1-15(24)12-18-8-5-9-19(21(26)28-18)23-20(25)14-16-6-4-7-17(13-16)27-11-3-2-10-22;1-12(21)9-13-3-2-4-16(18(23)25-13)20-17(22)10-14-5-6-15(26-14)11-24-8-7-19;1-11(20)9-14-3-2-4-15(17(22)23-14)19-16(21)10-12-5-7-13(18)8-6-12;1-12(20)10-13-6-5-7-14(17(22)23-13)19-15(21)11-16(18)8-3-2-4-9-16;1-12(19)10-14-8-5-9-15(17(21)22-14)18-16(20)11-13-6-3-2-4-7-13/h4-8,13,18-19,26H,2-3,9-12,14,22H2,1H3,(H,23,25);2-3,5-6,13,16,23H,4,7-11,19H2,1H3,(H,20,22);2-3,12-15,22H,4-10,18H2,1H3,(H,19,21);5-6,13-14,22H,2-4,7-11,18H2,1H3,(H,19,21);2-8,14-15,21H,9-11H2,1H3,(H,18,20)/t18-,19+;13-,16+;12?,13?,14-,15+;13-,14+;14-,15+/m11111/s1. The Balaban J connectivity index is 0.000000237. The predicted molar refractivity (Wildman–Crippen MR) is 469 cm³/mol. The van der Waals surface area contributed by atoms with Gasteiger partial charge in [-0.15, -0.1) is 11.3 Å². The van der Waals surface area contributed by atoms with Gasteiger partial charge < -0.3 is 107 Å². The van der Waals surface area contributed by atoms with E-state index in [2.05, 4.69) is 26.6 Å². The fourth-order valence-corrected chi connectivity index (χ4v) is 15.5. The molecule has 7 aliphatic rings. The van der Waals surface area contributed by atoms with Crippen LogP contribution in [0.2, 0.25) is 0 Å². The van der Waals surface area contributed by atoms with Crippen molar-refractivity contribution < 1.29 is 106 Å². The maximum Gasteiger partial charge on any atom is 0.478 e. The molecular formula is C85H128B5N9O22S. The zero-order valence-corrected chi connectivity index (χ0v) is 72.1. The molecular weight excluding hydrogens is 1590 g/mol. The SMILES string of the molecule is CC(=O)C[C@H]1C=CC[C@H](NC(=O)CC2(N)CCCCC2)B(O)O1.CC(=O)C[C@H]1C=CC[C@H](NC(=O)CC2CCC(N)CC2)B(O)O1.CC(=O)C[C@H]1C=CC[C@H](NC(=O)Cc2ccc(COCCN)s2)B(O)O1.CC(=O)C[C@H]1C=CC[C@H](NC(=O)Cc2cccc(OCCCCN)c2)B(O)O1.CC(=O)C[C@H]1C=CC[C@H](NC(=O)Cc2ccccc2)B(O)O1. The summed E-state index contributed by atoms with van der Waals surface area (Å²) in [6.45, 7) is 10.1. The van der Waals surface area contributed by atoms with Crippen molar-refractivity contribution >= 4 is 105 Å². The highest BCUT2D eigenvalue weighted by Gasteiger charge is 2.39. The molecule has 5 aliphatic heterocycles. The van der Waals surface area contributed by atoms with Gasteiger partial charge >= 0.3 is 35.6 Å². The molecule has 37 heteroatoms. The molecule has 2 saturated carbocycles. The third-order valence-electron chi connectivity index (χ3n) is 20.8. The van der Waals surface area contributed by atoms with Crippen LogP contribution in [0.25, 0.3) is 0 Å². The number of ether oxygens (including phenoxy) is 2. The van der Waals surface area contributed by atoms with Gasteiger partial charge in [-0.3, -0.25) is 47.9 Å². The summed E-state index contributed by atoms with van der Waals surface area (Å²) in [5.74, 6) is -2.32. The lowest BCUT2D eigenvalue weighted by Gasteiger charge is -2.33. The van der Waals surface area contributed by atoms with Gasteiger partial charge in [0.15, 0.2) is 0 Å². The van der Waals surface area contributed by atoms with E-state index in [1.54, 1.807) is 30.4 Å². The summed E-state index contributed by atoms with van der Waals surface area (Å²) in [5.41, 5.74) is 24.3. The van der Waals surface area contributed by atoms with Crippen molar-refractivity contribution in [3.05, 3.63) is 148 Å². The fraction of sp³-hybridized carbons (Fsp3) is 0.576. The van der Waals surface area contributed by atoms with Crippen molar-refractivity contribution in [2.45, 2.75) is 280 Å². The van der Waals surface area contributed by atoms with E-state index in [1.807, 2.05) is 97.1 Å². The number of hydrogen-bond donors (Lipinski definition) is 14. The maximum absolute atomic E-state index is 12.4. The van der Waals surface area contributed by atoms with Crippen LogP contribution in [-0.2, 0) is 102 Å². The minimum absolute atomic E-state index is 0.00305. The Morgan fingerprint density at radius 2 is 0.828 bits per heavy atom. The molecule has 10 atom stereocenters.